The van der Waals surface area contributed by atoms with E-state index in [-0.39, 0.29) is 24.0 Å². The van der Waals surface area contributed by atoms with Crippen molar-refractivity contribution < 1.29 is 9.47 Å². The molecule has 0 radical (unpaired) electrons. The summed E-state index contributed by atoms with van der Waals surface area (Å²) in [7, 11) is 0. The van der Waals surface area contributed by atoms with Gasteiger partial charge in [0.15, 0.2) is 5.96 Å². The highest BCUT2D eigenvalue weighted by atomic mass is 127. The number of halogens is 1. The van der Waals surface area contributed by atoms with Gasteiger partial charge in [0.25, 0.3) is 0 Å². The van der Waals surface area contributed by atoms with E-state index in [1.807, 2.05) is 0 Å². The van der Waals surface area contributed by atoms with Gasteiger partial charge >= 0.3 is 0 Å². The molecule has 1 heterocycles. The zero-order chi connectivity index (χ0) is 18.6. The number of ether oxygens (including phenoxy) is 2. The molecular formula is C21H36IN3O2. The van der Waals surface area contributed by atoms with Crippen molar-refractivity contribution in [1.29, 1.82) is 0 Å². The first kappa shape index (κ1) is 24.2. The van der Waals surface area contributed by atoms with Crippen molar-refractivity contribution in [1.82, 2.24) is 10.6 Å². The van der Waals surface area contributed by atoms with Gasteiger partial charge in [0, 0.05) is 26.3 Å². The lowest BCUT2D eigenvalue weighted by atomic mass is 10.1. The number of hydrogen-bond donors (Lipinski definition) is 2. The van der Waals surface area contributed by atoms with Crippen LogP contribution >= 0.6 is 24.0 Å². The standard InChI is InChI=1S/C21H35N3O2.HI/c1-4-22-21(23-11-8-17(2)3)24-15-18-6-5-7-19(14-18)16-26-20-9-12-25-13-10-20;/h5-7,14,17,20H,4,8-13,15-16H2,1-3H3,(H2,22,23,24);1H. The van der Waals surface area contributed by atoms with Gasteiger partial charge in [0.05, 0.1) is 19.3 Å². The lowest BCUT2D eigenvalue weighted by Gasteiger charge is -2.22. The lowest BCUT2D eigenvalue weighted by molar-refractivity contribution is -0.0390. The molecule has 1 aliphatic rings. The predicted molar refractivity (Wildman–Crippen MR) is 123 cm³/mol. The fourth-order valence-corrected chi connectivity index (χ4v) is 2.87. The first-order chi connectivity index (χ1) is 12.7. The van der Waals surface area contributed by atoms with Crippen molar-refractivity contribution in [3.63, 3.8) is 0 Å². The molecule has 27 heavy (non-hydrogen) atoms. The molecule has 1 aromatic rings. The topological polar surface area (TPSA) is 54.9 Å². The third kappa shape index (κ3) is 10.3. The van der Waals surface area contributed by atoms with Crippen molar-refractivity contribution in [3.05, 3.63) is 35.4 Å². The maximum absolute atomic E-state index is 6.02. The quantitative estimate of drug-likeness (QED) is 0.312. The molecule has 0 amide bonds. The van der Waals surface area contributed by atoms with Crippen LogP contribution in [0.15, 0.2) is 29.3 Å². The minimum absolute atomic E-state index is 0. The minimum atomic E-state index is 0. The van der Waals surface area contributed by atoms with Gasteiger partial charge in [-0.1, -0.05) is 38.1 Å². The largest absolute Gasteiger partial charge is 0.381 e. The molecule has 0 atom stereocenters. The maximum Gasteiger partial charge on any atom is 0.191 e. The highest BCUT2D eigenvalue weighted by Gasteiger charge is 2.14. The Morgan fingerprint density at radius 2 is 1.96 bits per heavy atom. The smallest absolute Gasteiger partial charge is 0.191 e. The lowest BCUT2D eigenvalue weighted by Crippen LogP contribution is -2.38. The van der Waals surface area contributed by atoms with E-state index in [0.29, 0.717) is 25.2 Å². The average molecular weight is 489 g/mol. The Morgan fingerprint density at radius 3 is 2.67 bits per heavy atom. The number of guanidine groups is 1. The van der Waals surface area contributed by atoms with Gasteiger partial charge in [-0.25, -0.2) is 4.99 Å². The number of nitrogens with one attached hydrogen (secondary N) is 2. The van der Waals surface area contributed by atoms with E-state index < -0.39 is 0 Å². The summed E-state index contributed by atoms with van der Waals surface area (Å²) in [5.41, 5.74) is 2.42. The number of benzene rings is 1. The molecule has 0 spiro atoms. The van der Waals surface area contributed by atoms with Crippen molar-refractivity contribution in [2.75, 3.05) is 26.3 Å². The second-order valence-corrected chi connectivity index (χ2v) is 7.25. The molecule has 1 saturated heterocycles. The van der Waals surface area contributed by atoms with E-state index in [2.05, 4.69) is 55.7 Å². The van der Waals surface area contributed by atoms with E-state index in [1.165, 1.54) is 11.1 Å². The second-order valence-electron chi connectivity index (χ2n) is 7.25. The number of rotatable bonds is 9. The third-order valence-electron chi connectivity index (χ3n) is 4.42. The van der Waals surface area contributed by atoms with Crippen LogP contribution in [0.3, 0.4) is 0 Å². The van der Waals surface area contributed by atoms with Gasteiger partial charge in [-0.15, -0.1) is 24.0 Å². The zero-order valence-electron chi connectivity index (χ0n) is 17.0. The van der Waals surface area contributed by atoms with Gasteiger partial charge in [-0.2, -0.15) is 0 Å². The Labute approximate surface area is 181 Å². The minimum Gasteiger partial charge on any atom is -0.381 e. The normalized spacial score (nSPS) is 15.5. The Kier molecular flexibility index (Phi) is 12.7. The Bertz CT molecular complexity index is 546. The van der Waals surface area contributed by atoms with Crippen LogP contribution in [0, 0.1) is 5.92 Å². The third-order valence-corrected chi connectivity index (χ3v) is 4.42. The van der Waals surface area contributed by atoms with Crippen molar-refractivity contribution >= 4 is 29.9 Å². The molecule has 1 fully saturated rings. The van der Waals surface area contributed by atoms with E-state index in [4.69, 9.17) is 14.5 Å². The highest BCUT2D eigenvalue weighted by molar-refractivity contribution is 14.0. The number of nitrogens with zero attached hydrogens (tertiary/aromatic N) is 1. The van der Waals surface area contributed by atoms with Crippen LogP contribution in [0.25, 0.3) is 0 Å². The summed E-state index contributed by atoms with van der Waals surface area (Å²) < 4.78 is 11.4. The molecular weight excluding hydrogens is 453 g/mol. The molecule has 0 unspecified atom stereocenters. The zero-order valence-corrected chi connectivity index (χ0v) is 19.3. The van der Waals surface area contributed by atoms with Crippen molar-refractivity contribution in [2.45, 2.75) is 59.3 Å². The summed E-state index contributed by atoms with van der Waals surface area (Å²) in [4.78, 5) is 4.71. The van der Waals surface area contributed by atoms with Gasteiger partial charge in [0.2, 0.25) is 0 Å². The summed E-state index contributed by atoms with van der Waals surface area (Å²) in [5.74, 6) is 1.58. The fourth-order valence-electron chi connectivity index (χ4n) is 2.87. The van der Waals surface area contributed by atoms with Crippen LogP contribution in [0.4, 0.5) is 0 Å². The number of aliphatic imine (C=N–C) groups is 1. The van der Waals surface area contributed by atoms with Crippen LogP contribution in [0.1, 0.15) is 51.2 Å². The summed E-state index contributed by atoms with van der Waals surface area (Å²) in [5, 5.41) is 6.72. The van der Waals surface area contributed by atoms with E-state index in [9.17, 15) is 0 Å². The van der Waals surface area contributed by atoms with Crippen LogP contribution < -0.4 is 10.6 Å². The first-order valence-corrected chi connectivity index (χ1v) is 9.96. The summed E-state index contributed by atoms with van der Waals surface area (Å²) in [6.45, 7) is 11.3. The first-order valence-electron chi connectivity index (χ1n) is 9.96. The molecule has 0 aliphatic carbocycles. The fraction of sp³-hybridized carbons (Fsp3) is 0.667. The number of hydrogen-bond acceptors (Lipinski definition) is 3. The molecule has 0 aromatic heterocycles. The summed E-state index contributed by atoms with van der Waals surface area (Å²) in [6, 6.07) is 8.53. The van der Waals surface area contributed by atoms with Gasteiger partial charge < -0.3 is 20.1 Å². The van der Waals surface area contributed by atoms with Crippen LogP contribution in [-0.2, 0) is 22.6 Å². The maximum atomic E-state index is 6.02. The molecule has 6 heteroatoms. The van der Waals surface area contributed by atoms with Crippen molar-refractivity contribution in [2.24, 2.45) is 10.9 Å². The molecule has 2 rings (SSSR count). The Morgan fingerprint density at radius 1 is 1.22 bits per heavy atom. The summed E-state index contributed by atoms with van der Waals surface area (Å²) in [6.07, 6.45) is 3.47. The monoisotopic (exact) mass is 489 g/mol. The SMILES string of the molecule is CCNC(=NCc1cccc(COC2CCOCC2)c1)NCCC(C)C.I. The van der Waals surface area contributed by atoms with Crippen LogP contribution in [-0.4, -0.2) is 38.4 Å². The van der Waals surface area contributed by atoms with Crippen molar-refractivity contribution in [3.8, 4) is 0 Å². The second kappa shape index (κ2) is 14.2. The Hall–Kier alpha value is -0.860. The van der Waals surface area contributed by atoms with Gasteiger partial charge in [0.1, 0.15) is 0 Å². The molecule has 5 nitrogen and oxygen atoms in total. The molecule has 0 bridgehead atoms. The molecule has 0 saturated carbocycles. The van der Waals surface area contributed by atoms with Gasteiger partial charge in [-0.05, 0) is 43.2 Å². The Balaban J connectivity index is 0.00000364. The van der Waals surface area contributed by atoms with E-state index in [0.717, 1.165) is 51.5 Å². The highest BCUT2D eigenvalue weighted by Crippen LogP contribution is 2.14. The predicted octanol–water partition coefficient (Wildman–Crippen LogP) is 4.10. The average Bonchev–Trinajstić information content (AvgIpc) is 2.65. The van der Waals surface area contributed by atoms with Crippen LogP contribution in [0.5, 0.6) is 0 Å². The van der Waals surface area contributed by atoms with Crippen LogP contribution in [0.2, 0.25) is 0 Å². The molecule has 1 aliphatic heterocycles. The van der Waals surface area contributed by atoms with E-state index in [1.54, 1.807) is 0 Å². The molecule has 2 N–H and O–H groups in total. The molecule has 154 valence electrons. The van der Waals surface area contributed by atoms with E-state index >= 15 is 0 Å². The van der Waals surface area contributed by atoms with Gasteiger partial charge in [-0.3, -0.25) is 0 Å². The molecule has 1 aromatic carbocycles. The summed E-state index contributed by atoms with van der Waals surface area (Å²) >= 11 is 0.